The van der Waals surface area contributed by atoms with Gasteiger partial charge in [0.25, 0.3) is 0 Å². The van der Waals surface area contributed by atoms with Crippen LogP contribution in [0.3, 0.4) is 0 Å². The minimum atomic E-state index is -3.70. The van der Waals surface area contributed by atoms with E-state index in [0.717, 1.165) is 5.56 Å². The Balaban J connectivity index is 1.39. The summed E-state index contributed by atoms with van der Waals surface area (Å²) in [6.07, 6.45) is -0.452. The van der Waals surface area contributed by atoms with Gasteiger partial charge in [-0.05, 0) is 39.3 Å². The molecule has 3 aromatic rings. The van der Waals surface area contributed by atoms with Crippen LogP contribution in [0.5, 0.6) is 0 Å². The van der Waals surface area contributed by atoms with Crippen LogP contribution in [-0.4, -0.2) is 83.8 Å². The van der Waals surface area contributed by atoms with Gasteiger partial charge in [0, 0.05) is 50.4 Å². The third-order valence-corrected chi connectivity index (χ3v) is 8.06. The zero-order valence-electron chi connectivity index (χ0n) is 21.7. The van der Waals surface area contributed by atoms with Gasteiger partial charge in [-0.3, -0.25) is 10.00 Å². The van der Waals surface area contributed by atoms with E-state index < -0.39 is 21.7 Å². The number of piperazine rings is 1. The van der Waals surface area contributed by atoms with Gasteiger partial charge in [0.1, 0.15) is 5.60 Å². The molecule has 2 heterocycles. The molecule has 198 valence electrons. The summed E-state index contributed by atoms with van der Waals surface area (Å²) in [6.45, 7) is 10.2. The number of nitrogens with one attached hydrogen (secondary N) is 2. The van der Waals surface area contributed by atoms with Crippen LogP contribution in [0, 0.1) is 6.92 Å². The zero-order valence-corrected chi connectivity index (χ0v) is 22.5. The summed E-state index contributed by atoms with van der Waals surface area (Å²) in [4.78, 5) is 18.8. The van der Waals surface area contributed by atoms with Crippen molar-refractivity contribution in [3.8, 4) is 22.8 Å². The van der Waals surface area contributed by atoms with E-state index >= 15 is 0 Å². The molecule has 11 heteroatoms. The fourth-order valence-corrected chi connectivity index (χ4v) is 5.77. The van der Waals surface area contributed by atoms with Crippen molar-refractivity contribution >= 4 is 16.1 Å². The van der Waals surface area contributed by atoms with Gasteiger partial charge in [0.15, 0.2) is 11.6 Å². The van der Waals surface area contributed by atoms with Crippen LogP contribution in [-0.2, 0) is 14.8 Å². The normalized spacial score (nSPS) is 15.5. The van der Waals surface area contributed by atoms with Crippen molar-refractivity contribution in [1.29, 1.82) is 0 Å². The third-order valence-electron chi connectivity index (χ3n) is 6.02. The van der Waals surface area contributed by atoms with E-state index in [4.69, 9.17) is 4.74 Å². The van der Waals surface area contributed by atoms with Gasteiger partial charge in [0.2, 0.25) is 10.0 Å². The van der Waals surface area contributed by atoms with Crippen molar-refractivity contribution in [3.63, 3.8) is 0 Å². The van der Waals surface area contributed by atoms with Gasteiger partial charge < -0.3 is 10.1 Å². The number of sulfonamides is 1. The molecule has 1 aromatic heterocycles. The molecular formula is C26H34N6O4S. The van der Waals surface area contributed by atoms with Gasteiger partial charge in [0.05, 0.1) is 4.90 Å². The number of hydrogen-bond donors (Lipinski definition) is 2. The largest absolute Gasteiger partial charge is 0.444 e. The Labute approximate surface area is 218 Å². The van der Waals surface area contributed by atoms with Crippen LogP contribution >= 0.6 is 0 Å². The quantitative estimate of drug-likeness (QED) is 0.485. The molecule has 10 nitrogen and oxygen atoms in total. The van der Waals surface area contributed by atoms with Gasteiger partial charge in [-0.15, -0.1) is 0 Å². The van der Waals surface area contributed by atoms with Crippen LogP contribution < -0.4 is 5.32 Å². The maximum Gasteiger partial charge on any atom is 0.407 e. The van der Waals surface area contributed by atoms with Crippen molar-refractivity contribution < 1.29 is 17.9 Å². The van der Waals surface area contributed by atoms with Crippen LogP contribution in [0.4, 0.5) is 4.79 Å². The molecule has 0 bridgehead atoms. The number of rotatable bonds is 7. The minimum absolute atomic E-state index is 0.260. The first kappa shape index (κ1) is 26.8. The number of ether oxygens (including phenoxy) is 1. The topological polar surface area (TPSA) is 121 Å². The Morgan fingerprint density at radius 1 is 1.05 bits per heavy atom. The minimum Gasteiger partial charge on any atom is -0.444 e. The highest BCUT2D eigenvalue weighted by Gasteiger charge is 2.30. The summed E-state index contributed by atoms with van der Waals surface area (Å²) in [5, 5.41) is 9.99. The second-order valence-electron chi connectivity index (χ2n) is 10.0. The Bertz CT molecular complexity index is 1330. The number of H-pyrrole nitrogens is 1. The number of nitrogens with zero attached hydrogens (tertiary/aromatic N) is 4. The molecule has 2 aromatic carbocycles. The summed E-state index contributed by atoms with van der Waals surface area (Å²) in [5.74, 6) is 1.07. The predicted octanol–water partition coefficient (Wildman–Crippen LogP) is 3.28. The van der Waals surface area contributed by atoms with Crippen LogP contribution in [0.15, 0.2) is 53.4 Å². The molecule has 0 radical (unpaired) electrons. The third kappa shape index (κ3) is 6.73. The van der Waals surface area contributed by atoms with E-state index in [1.54, 1.807) is 19.1 Å². The van der Waals surface area contributed by atoms with Crippen LogP contribution in [0.25, 0.3) is 22.8 Å². The predicted molar refractivity (Wildman–Crippen MR) is 141 cm³/mol. The van der Waals surface area contributed by atoms with Crippen molar-refractivity contribution in [2.75, 3.05) is 39.3 Å². The van der Waals surface area contributed by atoms with E-state index in [0.29, 0.717) is 62.0 Å². The highest BCUT2D eigenvalue weighted by atomic mass is 32.2. The summed E-state index contributed by atoms with van der Waals surface area (Å²) in [7, 11) is -3.70. The first-order valence-electron chi connectivity index (χ1n) is 12.3. The first-order valence-corrected chi connectivity index (χ1v) is 13.8. The first-order chi connectivity index (χ1) is 17.5. The molecule has 1 saturated heterocycles. The lowest BCUT2D eigenvalue weighted by Gasteiger charge is -2.34. The highest BCUT2D eigenvalue weighted by Crippen LogP contribution is 2.27. The lowest BCUT2D eigenvalue weighted by atomic mass is 10.1. The lowest BCUT2D eigenvalue weighted by molar-refractivity contribution is 0.0520. The molecule has 37 heavy (non-hydrogen) atoms. The molecule has 0 spiro atoms. The molecule has 1 aliphatic heterocycles. The number of benzene rings is 2. The molecule has 1 fully saturated rings. The van der Waals surface area contributed by atoms with Crippen LogP contribution in [0.1, 0.15) is 26.3 Å². The number of aromatic nitrogens is 3. The second-order valence-corrected chi connectivity index (χ2v) is 11.9. The van der Waals surface area contributed by atoms with E-state index in [1.165, 1.54) is 4.31 Å². The van der Waals surface area contributed by atoms with Gasteiger partial charge in [-0.1, -0.05) is 42.5 Å². The van der Waals surface area contributed by atoms with E-state index in [1.807, 2.05) is 57.2 Å². The average Bonchev–Trinajstić information content (AvgIpc) is 3.34. The van der Waals surface area contributed by atoms with Crippen molar-refractivity contribution in [3.05, 3.63) is 54.1 Å². The Hall–Kier alpha value is -3.28. The van der Waals surface area contributed by atoms with E-state index in [-0.39, 0.29) is 4.90 Å². The molecule has 0 saturated carbocycles. The Morgan fingerprint density at radius 2 is 1.76 bits per heavy atom. The van der Waals surface area contributed by atoms with Crippen molar-refractivity contribution in [2.45, 2.75) is 38.2 Å². The number of alkyl carbamates (subject to hydrolysis) is 1. The Morgan fingerprint density at radius 3 is 2.43 bits per heavy atom. The smallest absolute Gasteiger partial charge is 0.407 e. The zero-order chi connectivity index (χ0) is 26.6. The summed E-state index contributed by atoms with van der Waals surface area (Å²) >= 11 is 0. The molecule has 0 unspecified atom stereocenters. The molecule has 4 rings (SSSR count). The maximum atomic E-state index is 13.5. The molecule has 2 N–H and O–H groups in total. The fourth-order valence-electron chi connectivity index (χ4n) is 4.10. The van der Waals surface area contributed by atoms with Crippen molar-refractivity contribution in [1.82, 2.24) is 29.7 Å². The van der Waals surface area contributed by atoms with Gasteiger partial charge in [-0.25, -0.2) is 18.2 Å². The molecule has 1 amide bonds. The number of hydrogen-bond acceptors (Lipinski definition) is 7. The fraction of sp³-hybridized carbons (Fsp3) is 0.423. The standard InChI is InChI=1S/C26H34N6O4S/c1-19-10-11-21(24-28-23(29-30-24)20-8-6-5-7-9-20)18-22(19)37(34,35)32-16-14-31(15-17-32)13-12-27-25(33)36-26(2,3)4/h5-11,18H,12-17H2,1-4H3,(H,27,33)(H,28,29,30). The summed E-state index contributed by atoms with van der Waals surface area (Å²) < 4.78 is 33.9. The van der Waals surface area contributed by atoms with E-state index in [2.05, 4.69) is 25.4 Å². The lowest BCUT2D eigenvalue weighted by Crippen LogP contribution is -2.50. The second kappa shape index (κ2) is 11.0. The summed E-state index contributed by atoms with van der Waals surface area (Å²) in [6, 6.07) is 14.9. The number of carbonyl (C=O) groups is 1. The summed E-state index contributed by atoms with van der Waals surface area (Å²) in [5.41, 5.74) is 1.66. The maximum absolute atomic E-state index is 13.5. The number of aryl methyl sites for hydroxylation is 1. The monoisotopic (exact) mass is 526 g/mol. The number of amides is 1. The van der Waals surface area contributed by atoms with E-state index in [9.17, 15) is 13.2 Å². The Kier molecular flexibility index (Phi) is 7.96. The molecular weight excluding hydrogens is 492 g/mol. The molecule has 0 aliphatic carbocycles. The molecule has 1 aliphatic rings. The van der Waals surface area contributed by atoms with Gasteiger partial charge in [-0.2, -0.15) is 9.40 Å². The number of carbonyl (C=O) groups excluding carboxylic acids is 1. The van der Waals surface area contributed by atoms with Crippen molar-refractivity contribution in [2.24, 2.45) is 0 Å². The average molecular weight is 527 g/mol. The highest BCUT2D eigenvalue weighted by molar-refractivity contribution is 7.89. The molecule has 0 atom stereocenters. The van der Waals surface area contributed by atoms with Gasteiger partial charge >= 0.3 is 6.09 Å². The number of aromatic amines is 1. The van der Waals surface area contributed by atoms with Crippen LogP contribution in [0.2, 0.25) is 0 Å². The SMILES string of the molecule is Cc1ccc(-c2n[nH]c(-c3ccccc3)n2)cc1S(=O)(=O)N1CCN(CCNC(=O)OC(C)(C)C)CC1.